The zero-order valence-electron chi connectivity index (χ0n) is 12.6. The van der Waals surface area contributed by atoms with Crippen molar-refractivity contribution < 1.29 is 4.74 Å². The molecule has 0 saturated carbocycles. The standard InChI is InChI=1S/C15H34N2O/c1-3-4-5-6-7-8-9-10-11-16-12-13-17-14-15-18-2/h16-17H,3-15H2,1-2H3. The average molecular weight is 258 g/mol. The molecule has 0 amide bonds. The highest BCUT2D eigenvalue weighted by atomic mass is 16.5. The second kappa shape index (κ2) is 16.9. The van der Waals surface area contributed by atoms with Gasteiger partial charge in [0, 0.05) is 26.7 Å². The summed E-state index contributed by atoms with van der Waals surface area (Å²) in [7, 11) is 1.74. The molecule has 0 aliphatic rings. The normalized spacial score (nSPS) is 11.0. The minimum atomic E-state index is 0.804. The summed E-state index contributed by atoms with van der Waals surface area (Å²) in [4.78, 5) is 0. The molecule has 110 valence electrons. The molecular weight excluding hydrogens is 224 g/mol. The minimum Gasteiger partial charge on any atom is -0.383 e. The summed E-state index contributed by atoms with van der Waals surface area (Å²) < 4.78 is 4.97. The lowest BCUT2D eigenvalue weighted by atomic mass is 10.1. The van der Waals surface area contributed by atoms with E-state index in [9.17, 15) is 0 Å². The van der Waals surface area contributed by atoms with Crippen molar-refractivity contribution in [2.24, 2.45) is 0 Å². The van der Waals surface area contributed by atoms with Crippen LogP contribution in [0.5, 0.6) is 0 Å². The molecular formula is C15H34N2O. The van der Waals surface area contributed by atoms with Crippen LogP contribution in [0, 0.1) is 0 Å². The maximum atomic E-state index is 4.97. The molecule has 0 bridgehead atoms. The fraction of sp³-hybridized carbons (Fsp3) is 1.00. The smallest absolute Gasteiger partial charge is 0.0587 e. The van der Waals surface area contributed by atoms with Crippen molar-refractivity contribution in [2.75, 3.05) is 39.9 Å². The van der Waals surface area contributed by atoms with Crippen molar-refractivity contribution in [3.8, 4) is 0 Å². The number of hydrogen-bond acceptors (Lipinski definition) is 3. The van der Waals surface area contributed by atoms with Crippen LogP contribution in [-0.2, 0) is 4.74 Å². The Bertz CT molecular complexity index is 126. The molecule has 18 heavy (non-hydrogen) atoms. The Morgan fingerprint density at radius 1 is 0.667 bits per heavy atom. The summed E-state index contributed by atoms with van der Waals surface area (Å²) in [6.07, 6.45) is 11.2. The van der Waals surface area contributed by atoms with Gasteiger partial charge >= 0.3 is 0 Å². The quantitative estimate of drug-likeness (QED) is 0.443. The van der Waals surface area contributed by atoms with E-state index in [2.05, 4.69) is 17.6 Å². The van der Waals surface area contributed by atoms with Crippen LogP contribution in [0.25, 0.3) is 0 Å². The molecule has 3 nitrogen and oxygen atoms in total. The van der Waals surface area contributed by atoms with Gasteiger partial charge in [-0.25, -0.2) is 0 Å². The first-order valence-corrected chi connectivity index (χ1v) is 7.82. The van der Waals surface area contributed by atoms with Gasteiger partial charge < -0.3 is 15.4 Å². The van der Waals surface area contributed by atoms with Gasteiger partial charge in [0.25, 0.3) is 0 Å². The highest BCUT2D eigenvalue weighted by Gasteiger charge is 1.92. The van der Waals surface area contributed by atoms with Crippen LogP contribution in [0.4, 0.5) is 0 Å². The Hall–Kier alpha value is -0.120. The lowest BCUT2D eigenvalue weighted by Gasteiger charge is -2.06. The monoisotopic (exact) mass is 258 g/mol. The second-order valence-corrected chi connectivity index (χ2v) is 4.97. The van der Waals surface area contributed by atoms with Gasteiger partial charge in [0.2, 0.25) is 0 Å². The van der Waals surface area contributed by atoms with Crippen molar-refractivity contribution in [2.45, 2.75) is 58.3 Å². The first kappa shape index (κ1) is 17.9. The molecule has 0 atom stereocenters. The first-order chi connectivity index (χ1) is 8.91. The van der Waals surface area contributed by atoms with Crippen molar-refractivity contribution >= 4 is 0 Å². The van der Waals surface area contributed by atoms with Gasteiger partial charge in [-0.3, -0.25) is 0 Å². The third-order valence-electron chi connectivity index (χ3n) is 3.17. The molecule has 0 aliphatic heterocycles. The molecule has 0 heterocycles. The van der Waals surface area contributed by atoms with E-state index in [-0.39, 0.29) is 0 Å². The van der Waals surface area contributed by atoms with Crippen molar-refractivity contribution in [1.82, 2.24) is 10.6 Å². The van der Waals surface area contributed by atoms with E-state index in [1.54, 1.807) is 7.11 Å². The van der Waals surface area contributed by atoms with Gasteiger partial charge in [-0.2, -0.15) is 0 Å². The fourth-order valence-corrected chi connectivity index (χ4v) is 1.98. The van der Waals surface area contributed by atoms with E-state index in [4.69, 9.17) is 4.74 Å². The lowest BCUT2D eigenvalue weighted by Crippen LogP contribution is -2.29. The number of unbranched alkanes of at least 4 members (excludes halogenated alkanes) is 7. The summed E-state index contributed by atoms with van der Waals surface area (Å²) in [5.41, 5.74) is 0. The van der Waals surface area contributed by atoms with E-state index < -0.39 is 0 Å². The van der Waals surface area contributed by atoms with Crippen LogP contribution >= 0.6 is 0 Å². The maximum Gasteiger partial charge on any atom is 0.0587 e. The Morgan fingerprint density at radius 2 is 1.22 bits per heavy atom. The molecule has 0 aliphatic carbocycles. The number of methoxy groups -OCH3 is 1. The van der Waals surface area contributed by atoms with E-state index in [1.165, 1.54) is 57.9 Å². The molecule has 0 spiro atoms. The highest BCUT2D eigenvalue weighted by molar-refractivity contribution is 4.53. The third kappa shape index (κ3) is 15.9. The van der Waals surface area contributed by atoms with Gasteiger partial charge in [0.15, 0.2) is 0 Å². The van der Waals surface area contributed by atoms with Crippen LogP contribution in [0.1, 0.15) is 58.3 Å². The van der Waals surface area contributed by atoms with Crippen molar-refractivity contribution in [1.29, 1.82) is 0 Å². The Morgan fingerprint density at radius 3 is 1.83 bits per heavy atom. The van der Waals surface area contributed by atoms with Crippen molar-refractivity contribution in [3.63, 3.8) is 0 Å². The van der Waals surface area contributed by atoms with E-state index in [0.717, 1.165) is 26.2 Å². The van der Waals surface area contributed by atoms with Gasteiger partial charge in [0.1, 0.15) is 0 Å². The summed E-state index contributed by atoms with van der Waals surface area (Å²) >= 11 is 0. The van der Waals surface area contributed by atoms with Gasteiger partial charge in [-0.15, -0.1) is 0 Å². The van der Waals surface area contributed by atoms with Crippen LogP contribution in [0.3, 0.4) is 0 Å². The van der Waals surface area contributed by atoms with Crippen LogP contribution in [-0.4, -0.2) is 39.9 Å². The van der Waals surface area contributed by atoms with Crippen LogP contribution in [0.2, 0.25) is 0 Å². The maximum absolute atomic E-state index is 4.97. The van der Waals surface area contributed by atoms with E-state index in [1.807, 2.05) is 0 Å². The fourth-order valence-electron chi connectivity index (χ4n) is 1.98. The number of nitrogens with one attached hydrogen (secondary N) is 2. The highest BCUT2D eigenvalue weighted by Crippen LogP contribution is 2.07. The average Bonchev–Trinajstić information content (AvgIpc) is 2.39. The molecule has 0 aromatic rings. The van der Waals surface area contributed by atoms with Gasteiger partial charge in [0.05, 0.1) is 6.61 Å². The van der Waals surface area contributed by atoms with Crippen LogP contribution in [0.15, 0.2) is 0 Å². The molecule has 0 fully saturated rings. The topological polar surface area (TPSA) is 33.3 Å². The summed E-state index contributed by atoms with van der Waals surface area (Å²) in [6.45, 7) is 7.31. The third-order valence-corrected chi connectivity index (χ3v) is 3.17. The molecule has 0 saturated heterocycles. The Kier molecular flexibility index (Phi) is 16.8. The van der Waals surface area contributed by atoms with Gasteiger partial charge in [-0.1, -0.05) is 51.9 Å². The van der Waals surface area contributed by atoms with Crippen molar-refractivity contribution in [3.05, 3.63) is 0 Å². The predicted octanol–water partition coefficient (Wildman–Crippen LogP) is 2.95. The number of ether oxygens (including phenoxy) is 1. The molecule has 0 unspecified atom stereocenters. The van der Waals surface area contributed by atoms with Crippen LogP contribution < -0.4 is 10.6 Å². The summed E-state index contributed by atoms with van der Waals surface area (Å²) in [5, 5.41) is 6.80. The Balaban J connectivity index is 2.86. The summed E-state index contributed by atoms with van der Waals surface area (Å²) in [6, 6.07) is 0. The first-order valence-electron chi connectivity index (χ1n) is 7.82. The Labute approximate surface area is 114 Å². The van der Waals surface area contributed by atoms with Gasteiger partial charge in [-0.05, 0) is 13.0 Å². The molecule has 2 N–H and O–H groups in total. The molecule has 3 heteroatoms. The lowest BCUT2D eigenvalue weighted by molar-refractivity contribution is 0.199. The molecule has 0 aromatic carbocycles. The van der Waals surface area contributed by atoms with E-state index >= 15 is 0 Å². The summed E-state index contributed by atoms with van der Waals surface area (Å²) in [5.74, 6) is 0. The molecule has 0 rings (SSSR count). The SMILES string of the molecule is CCCCCCCCCCNCCNCCOC. The number of rotatable bonds is 15. The molecule has 0 aromatic heterocycles. The molecule has 0 radical (unpaired) electrons. The minimum absolute atomic E-state index is 0.804. The van der Waals surface area contributed by atoms with E-state index in [0.29, 0.717) is 0 Å². The largest absolute Gasteiger partial charge is 0.383 e. The number of hydrogen-bond donors (Lipinski definition) is 2. The zero-order chi connectivity index (χ0) is 13.3. The second-order valence-electron chi connectivity index (χ2n) is 4.97. The zero-order valence-corrected chi connectivity index (χ0v) is 12.6. The predicted molar refractivity (Wildman–Crippen MR) is 80.2 cm³/mol.